The van der Waals surface area contributed by atoms with Crippen molar-refractivity contribution in [3.05, 3.63) is 62.0 Å². The SMILES string of the molecule is Cc1cccc(N2CCN(CCCNC(=O)c3sc(-c4c(C)c(C)nn(C)c4=O)nc3C)CC2)c1. The van der Waals surface area contributed by atoms with Crippen LogP contribution < -0.4 is 15.8 Å². The molecule has 2 aromatic heterocycles. The lowest BCUT2D eigenvalue weighted by atomic mass is 10.1. The van der Waals surface area contributed by atoms with Crippen LogP contribution in [0.1, 0.15) is 38.6 Å². The molecule has 1 fully saturated rings. The van der Waals surface area contributed by atoms with Crippen molar-refractivity contribution in [1.29, 1.82) is 0 Å². The first-order valence-corrected chi connectivity index (χ1v) is 12.9. The van der Waals surface area contributed by atoms with Crippen LogP contribution in [0.4, 0.5) is 5.69 Å². The quantitative estimate of drug-likeness (QED) is 0.509. The summed E-state index contributed by atoms with van der Waals surface area (Å²) < 4.78 is 1.33. The maximum atomic E-state index is 12.8. The molecule has 3 aromatic rings. The number of aromatic nitrogens is 3. The lowest BCUT2D eigenvalue weighted by Gasteiger charge is -2.36. The largest absolute Gasteiger partial charge is 0.369 e. The zero-order valence-corrected chi connectivity index (χ0v) is 22.0. The highest BCUT2D eigenvalue weighted by Crippen LogP contribution is 2.28. The molecule has 1 aliphatic rings. The molecule has 1 N–H and O–H groups in total. The minimum absolute atomic E-state index is 0.129. The van der Waals surface area contributed by atoms with Crippen LogP contribution in [0.2, 0.25) is 0 Å². The summed E-state index contributed by atoms with van der Waals surface area (Å²) in [6.45, 7) is 13.3. The van der Waals surface area contributed by atoms with Gasteiger partial charge in [0.05, 0.1) is 17.0 Å². The van der Waals surface area contributed by atoms with Gasteiger partial charge in [-0.3, -0.25) is 14.5 Å². The highest BCUT2D eigenvalue weighted by atomic mass is 32.1. The van der Waals surface area contributed by atoms with E-state index < -0.39 is 0 Å². The predicted octanol–water partition coefficient (Wildman–Crippen LogP) is 3.08. The minimum atomic E-state index is -0.198. The number of benzene rings is 1. The molecule has 0 unspecified atom stereocenters. The van der Waals surface area contributed by atoms with Crippen molar-refractivity contribution >= 4 is 22.9 Å². The first kappa shape index (κ1) is 25.1. The second kappa shape index (κ2) is 10.7. The van der Waals surface area contributed by atoms with Crippen molar-refractivity contribution in [2.75, 3.05) is 44.2 Å². The molecule has 8 nitrogen and oxygen atoms in total. The number of anilines is 1. The Morgan fingerprint density at radius 1 is 1.09 bits per heavy atom. The zero-order chi connectivity index (χ0) is 25.1. The Morgan fingerprint density at radius 3 is 2.54 bits per heavy atom. The minimum Gasteiger partial charge on any atom is -0.369 e. The van der Waals surface area contributed by atoms with Crippen molar-refractivity contribution in [2.45, 2.75) is 34.1 Å². The van der Waals surface area contributed by atoms with Crippen molar-refractivity contribution in [1.82, 2.24) is 25.0 Å². The molecule has 35 heavy (non-hydrogen) atoms. The molecular weight excluding hydrogens is 460 g/mol. The molecule has 1 aromatic carbocycles. The first-order valence-electron chi connectivity index (χ1n) is 12.1. The number of aryl methyl sites for hydroxylation is 4. The summed E-state index contributed by atoms with van der Waals surface area (Å²) in [6, 6.07) is 8.67. The number of hydrogen-bond acceptors (Lipinski definition) is 7. The summed E-state index contributed by atoms with van der Waals surface area (Å²) >= 11 is 1.27. The third kappa shape index (κ3) is 5.62. The Morgan fingerprint density at radius 2 is 1.83 bits per heavy atom. The number of carbonyl (C=O) groups is 1. The van der Waals surface area contributed by atoms with E-state index in [4.69, 9.17) is 0 Å². The Kier molecular flexibility index (Phi) is 7.66. The van der Waals surface area contributed by atoms with Gasteiger partial charge in [0.25, 0.3) is 11.5 Å². The third-order valence-electron chi connectivity index (χ3n) is 6.62. The fraction of sp³-hybridized carbons (Fsp3) is 0.462. The van der Waals surface area contributed by atoms with E-state index in [1.807, 2.05) is 20.8 Å². The number of rotatable bonds is 7. The zero-order valence-electron chi connectivity index (χ0n) is 21.2. The predicted molar refractivity (Wildman–Crippen MR) is 142 cm³/mol. The van der Waals surface area contributed by atoms with Crippen LogP contribution >= 0.6 is 11.3 Å². The number of nitrogens with zero attached hydrogens (tertiary/aromatic N) is 5. The van der Waals surface area contributed by atoms with Gasteiger partial charge in [0.1, 0.15) is 9.88 Å². The molecule has 0 saturated carbocycles. The summed E-state index contributed by atoms with van der Waals surface area (Å²) in [5, 5.41) is 7.84. The van der Waals surface area contributed by atoms with Crippen LogP contribution in [-0.2, 0) is 7.05 Å². The number of amides is 1. The lowest BCUT2D eigenvalue weighted by Crippen LogP contribution is -2.47. The summed E-state index contributed by atoms with van der Waals surface area (Å²) in [5.41, 5.74) is 5.14. The van der Waals surface area contributed by atoms with E-state index in [0.29, 0.717) is 27.7 Å². The molecule has 4 rings (SSSR count). The maximum absolute atomic E-state index is 12.8. The van der Waals surface area contributed by atoms with E-state index in [1.165, 1.54) is 27.3 Å². The highest BCUT2D eigenvalue weighted by molar-refractivity contribution is 7.17. The van der Waals surface area contributed by atoms with E-state index in [1.54, 1.807) is 7.05 Å². The summed E-state index contributed by atoms with van der Waals surface area (Å²) in [7, 11) is 1.63. The van der Waals surface area contributed by atoms with Crippen molar-refractivity contribution in [3.63, 3.8) is 0 Å². The highest BCUT2D eigenvalue weighted by Gasteiger charge is 2.21. The summed E-state index contributed by atoms with van der Waals surface area (Å²) in [5.74, 6) is -0.129. The fourth-order valence-corrected chi connectivity index (χ4v) is 5.53. The monoisotopic (exact) mass is 494 g/mol. The van der Waals surface area contributed by atoms with Gasteiger partial charge in [-0.15, -0.1) is 11.3 Å². The maximum Gasteiger partial charge on any atom is 0.277 e. The Balaban J connectivity index is 1.28. The standard InChI is InChI=1S/C26H34N6O2S/c1-17-8-6-9-21(16-17)32-14-12-31(13-15-32)11-7-10-27-24(33)23-20(4)28-25(35-23)22-18(2)19(3)29-30(5)26(22)34/h6,8-9,16H,7,10-15H2,1-5H3,(H,27,33). The van der Waals surface area contributed by atoms with Crippen LogP contribution in [-0.4, -0.2) is 64.8 Å². The molecule has 1 aliphatic heterocycles. The molecule has 0 aliphatic carbocycles. The molecule has 0 bridgehead atoms. The molecule has 186 valence electrons. The van der Waals surface area contributed by atoms with Gasteiger partial charge in [-0.2, -0.15) is 5.10 Å². The molecular formula is C26H34N6O2S. The van der Waals surface area contributed by atoms with Gasteiger partial charge >= 0.3 is 0 Å². The normalized spacial score (nSPS) is 14.4. The molecule has 9 heteroatoms. The fourth-order valence-electron chi connectivity index (χ4n) is 4.45. The topological polar surface area (TPSA) is 83.4 Å². The molecule has 3 heterocycles. The Bertz CT molecular complexity index is 1270. The van der Waals surface area contributed by atoms with Crippen molar-refractivity contribution < 1.29 is 4.79 Å². The van der Waals surface area contributed by atoms with E-state index in [-0.39, 0.29) is 11.5 Å². The van der Waals surface area contributed by atoms with Crippen molar-refractivity contribution in [2.24, 2.45) is 7.05 Å². The number of carbonyl (C=O) groups excluding carboxylic acids is 1. The smallest absolute Gasteiger partial charge is 0.277 e. The first-order chi connectivity index (χ1) is 16.7. The van der Waals surface area contributed by atoms with Gasteiger partial charge in [-0.25, -0.2) is 9.67 Å². The van der Waals surface area contributed by atoms with E-state index >= 15 is 0 Å². The van der Waals surface area contributed by atoms with Crippen molar-refractivity contribution in [3.8, 4) is 10.6 Å². The number of piperazine rings is 1. The number of nitrogens with one attached hydrogen (secondary N) is 1. The van der Waals surface area contributed by atoms with Crippen LogP contribution in [0.25, 0.3) is 10.6 Å². The van der Waals surface area contributed by atoms with Gasteiger partial charge in [0.15, 0.2) is 0 Å². The Labute approximate surface area is 210 Å². The van der Waals surface area contributed by atoms with Gasteiger partial charge in [-0.1, -0.05) is 12.1 Å². The van der Waals surface area contributed by atoms with Crippen LogP contribution in [0.3, 0.4) is 0 Å². The second-order valence-corrected chi connectivity index (χ2v) is 10.2. The van der Waals surface area contributed by atoms with Crippen LogP contribution in [0.5, 0.6) is 0 Å². The Hall–Kier alpha value is -3.04. The van der Waals surface area contributed by atoms with E-state index in [0.717, 1.165) is 50.4 Å². The molecule has 0 spiro atoms. The molecule has 0 radical (unpaired) electrons. The number of thiazole rings is 1. The summed E-state index contributed by atoms with van der Waals surface area (Å²) in [6.07, 6.45) is 0.893. The van der Waals surface area contributed by atoms with Crippen LogP contribution in [0.15, 0.2) is 29.1 Å². The average molecular weight is 495 g/mol. The molecule has 1 saturated heterocycles. The molecule has 0 atom stereocenters. The second-order valence-electron chi connectivity index (χ2n) is 9.22. The van der Waals surface area contributed by atoms with Gasteiger partial charge in [0, 0.05) is 45.5 Å². The van der Waals surface area contributed by atoms with Gasteiger partial charge in [0.2, 0.25) is 0 Å². The van der Waals surface area contributed by atoms with E-state index in [2.05, 4.69) is 56.4 Å². The lowest BCUT2D eigenvalue weighted by molar-refractivity contribution is 0.0954. The average Bonchev–Trinajstić information content (AvgIpc) is 3.22. The van der Waals surface area contributed by atoms with E-state index in [9.17, 15) is 9.59 Å². The van der Waals surface area contributed by atoms with Gasteiger partial charge < -0.3 is 10.2 Å². The number of hydrogen-bond donors (Lipinski definition) is 1. The third-order valence-corrected chi connectivity index (χ3v) is 7.79. The van der Waals surface area contributed by atoms with Gasteiger partial charge in [-0.05, 0) is 63.9 Å². The van der Waals surface area contributed by atoms with Crippen LogP contribution in [0, 0.1) is 27.7 Å². The summed E-state index contributed by atoms with van der Waals surface area (Å²) in [4.78, 5) is 35.5. The molecule has 1 amide bonds.